The van der Waals surface area contributed by atoms with Gasteiger partial charge in [-0.15, -0.1) is 5.10 Å². The summed E-state index contributed by atoms with van der Waals surface area (Å²) in [7, 11) is 0. The van der Waals surface area contributed by atoms with Crippen LogP contribution in [0.2, 0.25) is 0 Å². The van der Waals surface area contributed by atoms with Crippen molar-refractivity contribution >= 4 is 5.82 Å². The van der Waals surface area contributed by atoms with Crippen LogP contribution in [0, 0.1) is 0 Å². The summed E-state index contributed by atoms with van der Waals surface area (Å²) in [6.07, 6.45) is 1.53. The third kappa shape index (κ3) is 2.71. The number of morpholine rings is 1. The Morgan fingerprint density at radius 3 is 3.12 bits per heavy atom. The number of hydrogen-bond acceptors (Lipinski definition) is 6. The van der Waals surface area contributed by atoms with Gasteiger partial charge in [0.15, 0.2) is 5.82 Å². The van der Waals surface area contributed by atoms with Crippen molar-refractivity contribution in [3.63, 3.8) is 0 Å². The van der Waals surface area contributed by atoms with Crippen molar-refractivity contribution in [1.29, 1.82) is 0 Å². The fourth-order valence-electron chi connectivity index (χ4n) is 2.09. The van der Waals surface area contributed by atoms with Crippen molar-refractivity contribution in [3.05, 3.63) is 17.8 Å². The van der Waals surface area contributed by atoms with Crippen molar-refractivity contribution in [2.75, 3.05) is 24.6 Å². The first-order valence-electron chi connectivity index (χ1n) is 5.76. The van der Waals surface area contributed by atoms with E-state index in [1.807, 2.05) is 13.0 Å². The molecule has 2 rings (SSSR count). The Balaban J connectivity index is 2.20. The zero-order valence-electron chi connectivity index (χ0n) is 9.91. The van der Waals surface area contributed by atoms with E-state index >= 15 is 0 Å². The van der Waals surface area contributed by atoms with Gasteiger partial charge in [0, 0.05) is 25.2 Å². The van der Waals surface area contributed by atoms with E-state index in [0.29, 0.717) is 13.1 Å². The number of hydrogen-bond donors (Lipinski definition) is 2. The molecule has 1 aliphatic heterocycles. The lowest BCUT2D eigenvalue weighted by molar-refractivity contribution is -0.0423. The molecule has 0 radical (unpaired) electrons. The minimum absolute atomic E-state index is 0.0130. The summed E-state index contributed by atoms with van der Waals surface area (Å²) < 4.78 is 5.59. The Labute approximate surface area is 100 Å². The molecule has 0 aromatic carbocycles. The topological polar surface area (TPSA) is 84.5 Å². The van der Waals surface area contributed by atoms with Gasteiger partial charge in [0.2, 0.25) is 0 Å². The van der Waals surface area contributed by atoms with Crippen LogP contribution in [0.3, 0.4) is 0 Å². The van der Waals surface area contributed by atoms with Crippen LogP contribution in [-0.2, 0) is 11.3 Å². The Bertz CT molecular complexity index is 374. The van der Waals surface area contributed by atoms with Crippen LogP contribution in [-0.4, -0.2) is 47.2 Å². The molecule has 0 aliphatic carbocycles. The second kappa shape index (κ2) is 5.39. The highest BCUT2D eigenvalue weighted by molar-refractivity contribution is 5.46. The maximum absolute atomic E-state index is 9.19. The molecule has 1 aromatic heterocycles. The fraction of sp³-hybridized carbons (Fsp3) is 0.636. The lowest BCUT2D eigenvalue weighted by Gasteiger charge is -2.37. The standard InChI is InChI=1S/C11H18N4O2/c1-8-5-15(6-10(7-16)17-8)11-9(4-12)2-3-13-14-11/h2-3,8,10,16H,4-7,12H2,1H3. The molecular formula is C11H18N4O2. The third-order valence-corrected chi connectivity index (χ3v) is 2.83. The molecule has 0 spiro atoms. The van der Waals surface area contributed by atoms with Gasteiger partial charge in [0.05, 0.1) is 25.0 Å². The van der Waals surface area contributed by atoms with Crippen molar-refractivity contribution in [1.82, 2.24) is 10.2 Å². The number of aromatic nitrogens is 2. The average Bonchev–Trinajstić information content (AvgIpc) is 2.37. The predicted molar refractivity (Wildman–Crippen MR) is 63.6 cm³/mol. The quantitative estimate of drug-likeness (QED) is 0.740. The Kier molecular flexibility index (Phi) is 3.88. The summed E-state index contributed by atoms with van der Waals surface area (Å²) in [6.45, 7) is 3.78. The van der Waals surface area contributed by atoms with E-state index in [0.717, 1.165) is 17.9 Å². The molecule has 2 unspecified atom stereocenters. The number of aliphatic hydroxyl groups excluding tert-OH is 1. The second-order valence-corrected chi connectivity index (χ2v) is 4.24. The maximum Gasteiger partial charge on any atom is 0.155 e. The van der Waals surface area contributed by atoms with E-state index in [1.54, 1.807) is 6.20 Å². The van der Waals surface area contributed by atoms with E-state index in [4.69, 9.17) is 10.5 Å². The maximum atomic E-state index is 9.19. The molecule has 0 amide bonds. The van der Waals surface area contributed by atoms with E-state index in [2.05, 4.69) is 15.1 Å². The smallest absolute Gasteiger partial charge is 0.155 e. The molecule has 0 saturated carbocycles. The first-order chi connectivity index (χ1) is 8.24. The van der Waals surface area contributed by atoms with Crippen LogP contribution in [0.5, 0.6) is 0 Å². The summed E-state index contributed by atoms with van der Waals surface area (Å²) in [6, 6.07) is 1.87. The van der Waals surface area contributed by atoms with Gasteiger partial charge in [-0.3, -0.25) is 0 Å². The Morgan fingerprint density at radius 1 is 1.59 bits per heavy atom. The van der Waals surface area contributed by atoms with Gasteiger partial charge in [0.25, 0.3) is 0 Å². The molecule has 1 saturated heterocycles. The van der Waals surface area contributed by atoms with Gasteiger partial charge >= 0.3 is 0 Å². The molecule has 1 aliphatic rings. The molecule has 1 aromatic rings. The lowest BCUT2D eigenvalue weighted by Crippen LogP contribution is -2.48. The van der Waals surface area contributed by atoms with E-state index in [1.165, 1.54) is 0 Å². The van der Waals surface area contributed by atoms with Crippen molar-refractivity contribution in [2.24, 2.45) is 5.73 Å². The van der Waals surface area contributed by atoms with Crippen LogP contribution in [0.15, 0.2) is 12.3 Å². The average molecular weight is 238 g/mol. The molecule has 6 nitrogen and oxygen atoms in total. The first-order valence-corrected chi connectivity index (χ1v) is 5.76. The zero-order valence-corrected chi connectivity index (χ0v) is 9.91. The van der Waals surface area contributed by atoms with Crippen molar-refractivity contribution < 1.29 is 9.84 Å². The van der Waals surface area contributed by atoms with Crippen LogP contribution in [0.1, 0.15) is 12.5 Å². The summed E-state index contributed by atoms with van der Waals surface area (Å²) in [5.74, 6) is 0.795. The molecule has 0 bridgehead atoms. The van der Waals surface area contributed by atoms with Gasteiger partial charge in [-0.1, -0.05) is 0 Å². The number of rotatable bonds is 3. The number of aliphatic hydroxyl groups is 1. The SMILES string of the molecule is CC1CN(c2nnccc2CN)CC(CO)O1. The van der Waals surface area contributed by atoms with Gasteiger partial charge in [-0.25, -0.2) is 0 Å². The molecular weight excluding hydrogens is 220 g/mol. The molecule has 6 heteroatoms. The lowest BCUT2D eigenvalue weighted by atomic mass is 10.2. The summed E-state index contributed by atoms with van der Waals surface area (Å²) in [5.41, 5.74) is 6.65. The number of anilines is 1. The first kappa shape index (κ1) is 12.2. The zero-order chi connectivity index (χ0) is 12.3. The number of ether oxygens (including phenoxy) is 1. The summed E-state index contributed by atoms with van der Waals surface area (Å²) in [4.78, 5) is 2.07. The molecule has 3 N–H and O–H groups in total. The molecule has 2 heterocycles. The monoisotopic (exact) mass is 238 g/mol. The van der Waals surface area contributed by atoms with Crippen LogP contribution in [0.25, 0.3) is 0 Å². The van der Waals surface area contributed by atoms with Gasteiger partial charge in [-0.05, 0) is 13.0 Å². The fourth-order valence-corrected chi connectivity index (χ4v) is 2.09. The van der Waals surface area contributed by atoms with Gasteiger partial charge < -0.3 is 20.5 Å². The van der Waals surface area contributed by atoms with Gasteiger partial charge in [0.1, 0.15) is 0 Å². The minimum Gasteiger partial charge on any atom is -0.394 e. The Morgan fingerprint density at radius 2 is 2.41 bits per heavy atom. The molecule has 94 valence electrons. The predicted octanol–water partition coefficient (Wildman–Crippen LogP) is -0.479. The van der Waals surface area contributed by atoms with Crippen molar-refractivity contribution in [3.8, 4) is 0 Å². The van der Waals surface area contributed by atoms with E-state index in [9.17, 15) is 5.11 Å². The van der Waals surface area contributed by atoms with Crippen LogP contribution >= 0.6 is 0 Å². The summed E-state index contributed by atoms with van der Waals surface area (Å²) >= 11 is 0. The minimum atomic E-state index is -0.175. The molecule has 17 heavy (non-hydrogen) atoms. The van der Waals surface area contributed by atoms with Gasteiger partial charge in [-0.2, -0.15) is 5.10 Å². The second-order valence-electron chi connectivity index (χ2n) is 4.24. The van der Waals surface area contributed by atoms with Crippen LogP contribution < -0.4 is 10.6 Å². The highest BCUT2D eigenvalue weighted by Gasteiger charge is 2.26. The molecule has 2 atom stereocenters. The van der Waals surface area contributed by atoms with Crippen molar-refractivity contribution in [2.45, 2.75) is 25.7 Å². The largest absolute Gasteiger partial charge is 0.394 e. The third-order valence-electron chi connectivity index (χ3n) is 2.83. The number of nitrogens with two attached hydrogens (primary N) is 1. The van der Waals surface area contributed by atoms with E-state index in [-0.39, 0.29) is 18.8 Å². The highest BCUT2D eigenvalue weighted by Crippen LogP contribution is 2.20. The Hall–Kier alpha value is -1.24. The highest BCUT2D eigenvalue weighted by atomic mass is 16.5. The summed E-state index contributed by atoms with van der Waals surface area (Å²) in [5, 5.41) is 17.2. The van der Waals surface area contributed by atoms with E-state index < -0.39 is 0 Å². The normalized spacial score (nSPS) is 25.0. The number of nitrogens with zero attached hydrogens (tertiary/aromatic N) is 3. The molecule has 1 fully saturated rings. The van der Waals surface area contributed by atoms with Crippen LogP contribution in [0.4, 0.5) is 5.82 Å².